The lowest BCUT2D eigenvalue weighted by molar-refractivity contribution is 0.0567. The number of piperazine rings is 1. The first kappa shape index (κ1) is 26.1. The van der Waals surface area contributed by atoms with Gasteiger partial charge in [0.2, 0.25) is 0 Å². The number of carboxylic acid groups (broad SMARTS) is 1. The first-order valence-electron chi connectivity index (χ1n) is 11.9. The van der Waals surface area contributed by atoms with Crippen LogP contribution in [-0.2, 0) is 4.43 Å². The van der Waals surface area contributed by atoms with Crippen LogP contribution in [0.5, 0.6) is 5.75 Å². The van der Waals surface area contributed by atoms with E-state index in [4.69, 9.17) is 14.1 Å². The smallest absolute Gasteiger partial charge is 0.407 e. The molecule has 0 saturated carbocycles. The molecule has 0 aliphatic carbocycles. The fourth-order valence-electron chi connectivity index (χ4n) is 4.36. The van der Waals surface area contributed by atoms with Crippen molar-refractivity contribution < 1.29 is 19.1 Å². The van der Waals surface area contributed by atoms with Gasteiger partial charge in [-0.15, -0.1) is 0 Å². The van der Waals surface area contributed by atoms with Crippen molar-refractivity contribution in [3.63, 3.8) is 0 Å². The summed E-state index contributed by atoms with van der Waals surface area (Å²) in [6, 6.07) is 5.79. The van der Waals surface area contributed by atoms with Crippen LogP contribution < -0.4 is 9.64 Å². The fourth-order valence-corrected chi connectivity index (χ4v) is 5.80. The molecule has 2 atom stereocenters. The lowest BCUT2D eigenvalue weighted by atomic mass is 10.1. The Kier molecular flexibility index (Phi) is 7.38. The number of ether oxygens (including phenoxy) is 1. The Morgan fingerprint density at radius 2 is 1.82 bits per heavy atom. The fraction of sp³-hybridized carbons (Fsp3) is 0.600. The molecule has 3 rings (SSSR count). The SMILES string of the molecule is COc1cc(-n2c(C)ccc2C)ncc1N1CCN(C(=O)O)[C@@H]([C@@H](C)O[Si](C)(C)C(C)(C)C)C1. The third-order valence-electron chi connectivity index (χ3n) is 7.39. The minimum atomic E-state index is -2.06. The predicted molar refractivity (Wildman–Crippen MR) is 138 cm³/mol. The monoisotopic (exact) mass is 488 g/mol. The maximum atomic E-state index is 12.1. The zero-order chi connectivity index (χ0) is 25.4. The number of rotatable bonds is 6. The number of aryl methyl sites for hydroxylation is 2. The van der Waals surface area contributed by atoms with E-state index in [1.807, 2.05) is 19.2 Å². The van der Waals surface area contributed by atoms with Crippen LogP contribution in [0.25, 0.3) is 5.82 Å². The van der Waals surface area contributed by atoms with Gasteiger partial charge in [0, 0.05) is 37.1 Å². The molecule has 1 saturated heterocycles. The van der Waals surface area contributed by atoms with Crippen molar-refractivity contribution in [2.45, 2.75) is 71.8 Å². The minimum Gasteiger partial charge on any atom is -0.494 e. The van der Waals surface area contributed by atoms with E-state index in [1.165, 1.54) is 4.90 Å². The molecule has 0 radical (unpaired) electrons. The van der Waals surface area contributed by atoms with Gasteiger partial charge in [-0.05, 0) is 51.0 Å². The maximum absolute atomic E-state index is 12.1. The van der Waals surface area contributed by atoms with Crippen LogP contribution in [0.3, 0.4) is 0 Å². The molecule has 1 aliphatic rings. The van der Waals surface area contributed by atoms with Crippen molar-refractivity contribution in [3.05, 3.63) is 35.8 Å². The molecular weight excluding hydrogens is 448 g/mol. The number of anilines is 1. The topological polar surface area (TPSA) is 80.1 Å². The van der Waals surface area contributed by atoms with Gasteiger partial charge in [-0.25, -0.2) is 9.78 Å². The Bertz CT molecular complexity index is 1010. The van der Waals surface area contributed by atoms with Crippen LogP contribution in [0.15, 0.2) is 24.4 Å². The number of carbonyl (C=O) groups is 1. The molecule has 3 heterocycles. The molecule has 0 bridgehead atoms. The van der Waals surface area contributed by atoms with Gasteiger partial charge in [0.15, 0.2) is 8.32 Å². The Balaban J connectivity index is 1.90. The zero-order valence-corrected chi connectivity index (χ0v) is 23.0. The van der Waals surface area contributed by atoms with Gasteiger partial charge in [0.05, 0.1) is 31.1 Å². The van der Waals surface area contributed by atoms with Crippen molar-refractivity contribution in [3.8, 4) is 11.6 Å². The van der Waals surface area contributed by atoms with Crippen LogP contribution in [0.1, 0.15) is 39.1 Å². The molecule has 188 valence electrons. The molecule has 1 N–H and O–H groups in total. The van der Waals surface area contributed by atoms with Crippen molar-refractivity contribution in [2.24, 2.45) is 0 Å². The summed E-state index contributed by atoms with van der Waals surface area (Å²) in [5.74, 6) is 1.52. The van der Waals surface area contributed by atoms with E-state index in [0.717, 1.165) is 28.6 Å². The lowest BCUT2D eigenvalue weighted by Gasteiger charge is -2.46. The summed E-state index contributed by atoms with van der Waals surface area (Å²) in [6.45, 7) is 18.6. The summed E-state index contributed by atoms with van der Waals surface area (Å²) in [4.78, 5) is 20.5. The van der Waals surface area contributed by atoms with E-state index in [9.17, 15) is 9.90 Å². The molecule has 2 aromatic heterocycles. The largest absolute Gasteiger partial charge is 0.494 e. The van der Waals surface area contributed by atoms with Gasteiger partial charge in [-0.3, -0.25) is 4.90 Å². The number of hydrogen-bond donors (Lipinski definition) is 1. The highest BCUT2D eigenvalue weighted by Crippen LogP contribution is 2.38. The molecule has 0 unspecified atom stereocenters. The average Bonchev–Trinajstić information content (AvgIpc) is 3.09. The number of amides is 1. The van der Waals surface area contributed by atoms with E-state index >= 15 is 0 Å². The second-order valence-electron chi connectivity index (χ2n) is 10.7. The van der Waals surface area contributed by atoms with Crippen LogP contribution in [0.4, 0.5) is 10.5 Å². The quantitative estimate of drug-likeness (QED) is 0.572. The normalized spacial score (nSPS) is 18.2. The molecule has 1 aliphatic heterocycles. The molecule has 1 amide bonds. The summed E-state index contributed by atoms with van der Waals surface area (Å²) in [6.07, 6.45) is 0.692. The molecule has 0 spiro atoms. The second kappa shape index (κ2) is 9.62. The standard InChI is InChI=1S/C25H40N4O4Si/c1-17-10-11-18(2)29(17)23-14-22(32-7)20(15-26-23)27-12-13-28(24(30)31)21(16-27)19(3)33-34(8,9)25(4,5)6/h10-11,14-15,19,21H,12-13,16H2,1-9H3,(H,30,31)/t19-,21-/m1/s1. The zero-order valence-electron chi connectivity index (χ0n) is 22.0. The molecule has 0 aromatic carbocycles. The molecular formula is C25H40N4O4Si. The third-order valence-corrected chi connectivity index (χ3v) is 12.0. The number of hydrogen-bond acceptors (Lipinski definition) is 5. The van der Waals surface area contributed by atoms with Crippen molar-refractivity contribution in [1.29, 1.82) is 0 Å². The molecule has 2 aromatic rings. The van der Waals surface area contributed by atoms with Gasteiger partial charge in [-0.2, -0.15) is 0 Å². The first-order chi connectivity index (χ1) is 15.8. The highest BCUT2D eigenvalue weighted by Gasteiger charge is 2.42. The highest BCUT2D eigenvalue weighted by molar-refractivity contribution is 6.74. The third kappa shape index (κ3) is 5.10. The van der Waals surface area contributed by atoms with E-state index < -0.39 is 14.4 Å². The summed E-state index contributed by atoms with van der Waals surface area (Å²) >= 11 is 0. The van der Waals surface area contributed by atoms with Gasteiger partial charge < -0.3 is 23.7 Å². The Labute approximate surface area is 204 Å². The summed E-state index contributed by atoms with van der Waals surface area (Å²) < 4.78 is 14.5. The average molecular weight is 489 g/mol. The van der Waals surface area contributed by atoms with Crippen molar-refractivity contribution >= 4 is 20.1 Å². The van der Waals surface area contributed by atoms with E-state index in [0.29, 0.717) is 19.6 Å². The molecule has 8 nitrogen and oxygen atoms in total. The summed E-state index contributed by atoms with van der Waals surface area (Å²) in [5, 5.41) is 9.93. The summed E-state index contributed by atoms with van der Waals surface area (Å²) in [7, 11) is -0.404. The molecule has 9 heteroatoms. The molecule has 34 heavy (non-hydrogen) atoms. The number of pyridine rings is 1. The first-order valence-corrected chi connectivity index (χ1v) is 14.8. The van der Waals surface area contributed by atoms with Gasteiger partial charge in [0.25, 0.3) is 0 Å². The summed E-state index contributed by atoms with van der Waals surface area (Å²) in [5.41, 5.74) is 3.07. The maximum Gasteiger partial charge on any atom is 0.407 e. The minimum absolute atomic E-state index is 0.0430. The van der Waals surface area contributed by atoms with Crippen molar-refractivity contribution in [2.75, 3.05) is 31.6 Å². The highest BCUT2D eigenvalue weighted by atomic mass is 28.4. The van der Waals surface area contributed by atoms with Crippen LogP contribution in [0.2, 0.25) is 18.1 Å². The number of aromatic nitrogens is 2. The van der Waals surface area contributed by atoms with Crippen LogP contribution in [0, 0.1) is 13.8 Å². The Morgan fingerprint density at radius 1 is 1.21 bits per heavy atom. The Morgan fingerprint density at radius 3 is 2.35 bits per heavy atom. The predicted octanol–water partition coefficient (Wildman–Crippen LogP) is 5.08. The Hall–Kier alpha value is -2.52. The van der Waals surface area contributed by atoms with Crippen LogP contribution in [-0.4, -0.2) is 72.9 Å². The lowest BCUT2D eigenvalue weighted by Crippen LogP contribution is -2.61. The second-order valence-corrected chi connectivity index (χ2v) is 15.5. The van der Waals surface area contributed by atoms with Crippen LogP contribution >= 0.6 is 0 Å². The number of nitrogens with zero attached hydrogens (tertiary/aromatic N) is 4. The van der Waals surface area contributed by atoms with Gasteiger partial charge in [0.1, 0.15) is 11.6 Å². The van der Waals surface area contributed by atoms with Gasteiger partial charge >= 0.3 is 6.09 Å². The van der Waals surface area contributed by atoms with E-state index in [-0.39, 0.29) is 17.2 Å². The van der Waals surface area contributed by atoms with E-state index in [2.05, 4.69) is 69.3 Å². The molecule has 1 fully saturated rings. The van der Waals surface area contributed by atoms with Gasteiger partial charge in [-0.1, -0.05) is 20.8 Å². The van der Waals surface area contributed by atoms with Crippen molar-refractivity contribution in [1.82, 2.24) is 14.5 Å². The number of methoxy groups -OCH3 is 1. The van der Waals surface area contributed by atoms with E-state index in [1.54, 1.807) is 7.11 Å².